The Hall–Kier alpha value is -1.65. The number of benzene rings is 1. The summed E-state index contributed by atoms with van der Waals surface area (Å²) in [5.41, 5.74) is -1.15. The van der Waals surface area contributed by atoms with Crippen LogP contribution in [0.4, 0.5) is 27.6 Å². The lowest BCUT2D eigenvalue weighted by atomic mass is 9.82. The van der Waals surface area contributed by atoms with Gasteiger partial charge in [-0.1, -0.05) is 34.7 Å². The van der Waals surface area contributed by atoms with Crippen molar-refractivity contribution in [1.29, 1.82) is 0 Å². The van der Waals surface area contributed by atoms with Crippen LogP contribution in [-0.4, -0.2) is 26.9 Å². The third-order valence-electron chi connectivity index (χ3n) is 5.26. The van der Waals surface area contributed by atoms with Crippen molar-refractivity contribution in [2.24, 2.45) is 5.92 Å². The summed E-state index contributed by atoms with van der Waals surface area (Å²) < 4.78 is 70.4. The Morgan fingerprint density at radius 2 is 1.96 bits per heavy atom. The third-order valence-corrected chi connectivity index (χ3v) is 6.50. The van der Waals surface area contributed by atoms with Crippen LogP contribution in [0, 0.1) is 5.92 Å². The molecule has 2 aliphatic rings. The van der Waals surface area contributed by atoms with Gasteiger partial charge < -0.3 is 4.90 Å². The van der Waals surface area contributed by atoms with Gasteiger partial charge in [-0.2, -0.15) is 18.3 Å². The highest BCUT2D eigenvalue weighted by molar-refractivity contribution is 14.1. The van der Waals surface area contributed by atoms with Crippen molar-refractivity contribution in [1.82, 2.24) is 9.78 Å². The van der Waals surface area contributed by atoms with Gasteiger partial charge in [0.05, 0.1) is 17.2 Å². The summed E-state index contributed by atoms with van der Waals surface area (Å²) in [5, 5.41) is 4.98. The number of fused-ring (bicyclic) bond motifs is 1. The van der Waals surface area contributed by atoms with E-state index in [0.29, 0.717) is 16.8 Å². The molecule has 0 unspecified atom stereocenters. The summed E-state index contributed by atoms with van der Waals surface area (Å²) in [6.45, 7) is -0.120. The first-order valence-corrected chi connectivity index (χ1v) is 10.4. The molecule has 0 radical (unpaired) electrons. The van der Waals surface area contributed by atoms with Crippen LogP contribution >= 0.6 is 22.6 Å². The smallest absolute Gasteiger partial charge is 0.333 e. The van der Waals surface area contributed by atoms with E-state index in [1.54, 1.807) is 10.9 Å². The molecule has 1 aliphatic heterocycles. The number of aromatic nitrogens is 2. The monoisotopic (exact) mass is 509 g/mol. The summed E-state index contributed by atoms with van der Waals surface area (Å²) in [6, 6.07) is 2.83. The minimum atomic E-state index is -4.64. The standard InChI is InChI=1S/C19H17F5IN3/c20-18(21)14-8-15-12(10-28(26-15)13-5-11(6-13)9-25)7-16(14)27-4-2-1-3-17(27)19(22,23)24/h1-3,7-8,10-11,13,18H,4-6,9H2. The topological polar surface area (TPSA) is 21.1 Å². The van der Waals surface area contributed by atoms with Gasteiger partial charge in [0, 0.05) is 28.1 Å². The van der Waals surface area contributed by atoms with Gasteiger partial charge in [0.2, 0.25) is 0 Å². The number of nitrogens with zero attached hydrogens (tertiary/aromatic N) is 3. The molecule has 0 amide bonds. The van der Waals surface area contributed by atoms with E-state index in [4.69, 9.17) is 0 Å². The highest BCUT2D eigenvalue weighted by atomic mass is 127. The SMILES string of the molecule is FC(F)c1cc2nn(C3CC(CI)C3)cc2cc1N1CC=CC=C1C(F)(F)F. The fourth-order valence-electron chi connectivity index (χ4n) is 3.72. The normalized spacial score (nSPS) is 22.7. The molecule has 2 heterocycles. The van der Waals surface area contributed by atoms with Crippen LogP contribution in [0.15, 0.2) is 42.3 Å². The van der Waals surface area contributed by atoms with Crippen molar-refractivity contribution in [2.45, 2.75) is 31.5 Å². The van der Waals surface area contributed by atoms with Gasteiger partial charge >= 0.3 is 6.18 Å². The first-order valence-electron chi connectivity index (χ1n) is 8.86. The molecule has 1 aromatic carbocycles. The van der Waals surface area contributed by atoms with Gasteiger partial charge in [-0.15, -0.1) is 0 Å². The van der Waals surface area contributed by atoms with Crippen LogP contribution in [0.1, 0.15) is 30.9 Å². The molecule has 0 spiro atoms. The van der Waals surface area contributed by atoms with Crippen molar-refractivity contribution >= 4 is 39.2 Å². The van der Waals surface area contributed by atoms with E-state index in [1.807, 2.05) is 0 Å². The minimum Gasteiger partial charge on any atom is -0.333 e. The molecule has 1 saturated carbocycles. The average Bonchev–Trinajstić information content (AvgIpc) is 3.01. The number of anilines is 1. The number of allylic oxidation sites excluding steroid dienone is 3. The molecule has 0 saturated heterocycles. The molecule has 0 bridgehead atoms. The van der Waals surface area contributed by atoms with E-state index in [-0.39, 0.29) is 18.3 Å². The summed E-state index contributed by atoms with van der Waals surface area (Å²) in [4.78, 5) is 0.897. The zero-order valence-corrected chi connectivity index (χ0v) is 16.8. The minimum absolute atomic E-state index is 0.120. The Balaban J connectivity index is 1.76. The van der Waals surface area contributed by atoms with E-state index in [2.05, 4.69) is 27.7 Å². The number of rotatable bonds is 4. The molecular formula is C19H17F5IN3. The van der Waals surface area contributed by atoms with Gasteiger partial charge in [0.15, 0.2) is 0 Å². The molecule has 2 aromatic rings. The molecule has 3 nitrogen and oxygen atoms in total. The summed E-state index contributed by atoms with van der Waals surface area (Å²) >= 11 is 2.34. The average molecular weight is 509 g/mol. The van der Waals surface area contributed by atoms with Crippen molar-refractivity contribution in [3.8, 4) is 0 Å². The predicted molar refractivity (Wildman–Crippen MR) is 106 cm³/mol. The molecule has 1 aromatic heterocycles. The van der Waals surface area contributed by atoms with Crippen molar-refractivity contribution in [3.63, 3.8) is 0 Å². The lowest BCUT2D eigenvalue weighted by Gasteiger charge is -2.34. The number of hydrogen-bond acceptors (Lipinski definition) is 2. The second-order valence-electron chi connectivity index (χ2n) is 7.11. The van der Waals surface area contributed by atoms with Gasteiger partial charge in [-0.3, -0.25) is 4.68 Å². The first-order chi connectivity index (χ1) is 13.3. The Morgan fingerprint density at radius 3 is 2.61 bits per heavy atom. The third kappa shape index (κ3) is 3.53. The van der Waals surface area contributed by atoms with E-state index >= 15 is 0 Å². The summed E-state index contributed by atoms with van der Waals surface area (Å²) in [7, 11) is 0. The zero-order valence-electron chi connectivity index (χ0n) is 14.6. The van der Waals surface area contributed by atoms with Gasteiger partial charge in [-0.05, 0) is 37.0 Å². The molecule has 1 aliphatic carbocycles. The van der Waals surface area contributed by atoms with Gasteiger partial charge in [-0.25, -0.2) is 8.78 Å². The van der Waals surface area contributed by atoms with Crippen molar-refractivity contribution in [2.75, 3.05) is 15.9 Å². The highest BCUT2D eigenvalue weighted by Crippen LogP contribution is 2.42. The quantitative estimate of drug-likeness (QED) is 0.279. The summed E-state index contributed by atoms with van der Waals surface area (Å²) in [6.07, 6.45) is -0.133. The van der Waals surface area contributed by atoms with Gasteiger partial charge in [0.1, 0.15) is 5.70 Å². The Kier molecular flexibility index (Phi) is 5.13. The van der Waals surface area contributed by atoms with Gasteiger partial charge in [0.25, 0.3) is 6.43 Å². The molecular weight excluding hydrogens is 492 g/mol. The van der Waals surface area contributed by atoms with Crippen LogP contribution in [0.3, 0.4) is 0 Å². The lowest BCUT2D eigenvalue weighted by Crippen LogP contribution is -2.34. The lowest BCUT2D eigenvalue weighted by molar-refractivity contribution is -0.0933. The fourth-order valence-corrected chi connectivity index (χ4v) is 4.44. The fraction of sp³-hybridized carbons (Fsp3) is 0.421. The Bertz CT molecular complexity index is 941. The molecule has 1 fully saturated rings. The maximum Gasteiger partial charge on any atom is 0.431 e. The molecule has 9 heteroatoms. The van der Waals surface area contributed by atoms with E-state index in [9.17, 15) is 22.0 Å². The van der Waals surface area contributed by atoms with Crippen LogP contribution in [0.2, 0.25) is 0 Å². The Labute approximate surface area is 172 Å². The zero-order chi connectivity index (χ0) is 20.1. The van der Waals surface area contributed by atoms with Crippen LogP contribution < -0.4 is 4.90 Å². The van der Waals surface area contributed by atoms with E-state index < -0.39 is 23.9 Å². The van der Waals surface area contributed by atoms with Crippen molar-refractivity contribution < 1.29 is 22.0 Å². The maximum atomic E-state index is 13.7. The molecule has 28 heavy (non-hydrogen) atoms. The van der Waals surface area contributed by atoms with Crippen LogP contribution in [-0.2, 0) is 0 Å². The number of hydrogen-bond donors (Lipinski definition) is 0. The molecule has 150 valence electrons. The first kappa shape index (κ1) is 19.7. The van der Waals surface area contributed by atoms with Crippen molar-refractivity contribution in [3.05, 3.63) is 47.8 Å². The molecule has 0 N–H and O–H groups in total. The largest absolute Gasteiger partial charge is 0.431 e. The second-order valence-corrected chi connectivity index (χ2v) is 7.99. The van der Waals surface area contributed by atoms with Crippen LogP contribution in [0.25, 0.3) is 10.9 Å². The predicted octanol–water partition coefficient (Wildman–Crippen LogP) is 6.18. The number of alkyl halides is 6. The highest BCUT2D eigenvalue weighted by Gasteiger charge is 2.39. The Morgan fingerprint density at radius 1 is 1.21 bits per heavy atom. The van der Waals surface area contributed by atoms with E-state index in [1.165, 1.54) is 24.3 Å². The maximum absolute atomic E-state index is 13.7. The number of halogens is 6. The molecule has 4 rings (SSSR count). The van der Waals surface area contributed by atoms with E-state index in [0.717, 1.165) is 28.2 Å². The summed E-state index contributed by atoms with van der Waals surface area (Å²) in [5.74, 6) is 0.629. The second kappa shape index (κ2) is 7.31. The van der Waals surface area contributed by atoms with Crippen LogP contribution in [0.5, 0.6) is 0 Å². The molecule has 0 atom stereocenters.